The Balaban J connectivity index is 1.44. The fraction of sp³-hybridized carbons (Fsp3) is 0.417. The zero-order valence-corrected chi connectivity index (χ0v) is 18.7. The van der Waals surface area contributed by atoms with E-state index in [9.17, 15) is 4.39 Å². The smallest absolute Gasteiger partial charge is 0.324 e. The van der Waals surface area contributed by atoms with Gasteiger partial charge in [0.05, 0.1) is 18.1 Å². The van der Waals surface area contributed by atoms with Gasteiger partial charge in [-0.3, -0.25) is 0 Å². The standard InChI is InChI=1S/C24H26FN7O/c1-3-20-28-8-15(9-29-20)33-23-30-19-6-16-17(4-14(25)5-18(16)27-2)21(19)22(31-23)32-10-13-7-24(13,11-26)12-32/h4-5,8-9,13,27H,3,6-7,10-12,26H2,1-2H3. The van der Waals surface area contributed by atoms with Crippen molar-refractivity contribution in [2.75, 3.05) is 36.9 Å². The second kappa shape index (κ2) is 7.34. The molecule has 170 valence electrons. The molecule has 1 saturated heterocycles. The predicted molar refractivity (Wildman–Crippen MR) is 123 cm³/mol. The minimum absolute atomic E-state index is 0.169. The lowest BCUT2D eigenvalue weighted by molar-refractivity contribution is 0.435. The number of nitrogens with two attached hydrogens (primary N) is 1. The maximum Gasteiger partial charge on any atom is 0.324 e. The first-order valence-electron chi connectivity index (χ1n) is 11.4. The number of ether oxygens (including phenoxy) is 1. The van der Waals surface area contributed by atoms with Crippen LogP contribution in [0.25, 0.3) is 11.1 Å². The highest BCUT2D eigenvalue weighted by atomic mass is 19.1. The molecule has 3 aliphatic rings. The molecule has 2 aliphatic carbocycles. The highest BCUT2D eigenvalue weighted by Gasteiger charge is 2.59. The minimum Gasteiger partial charge on any atom is -0.421 e. The molecule has 8 nitrogen and oxygen atoms in total. The average molecular weight is 448 g/mol. The highest BCUT2D eigenvalue weighted by Crippen LogP contribution is 2.58. The lowest BCUT2D eigenvalue weighted by Crippen LogP contribution is -2.29. The lowest BCUT2D eigenvalue weighted by atomic mass is 10.0. The van der Waals surface area contributed by atoms with Gasteiger partial charge in [-0.05, 0) is 42.1 Å². The topological polar surface area (TPSA) is 102 Å². The van der Waals surface area contributed by atoms with Gasteiger partial charge in [0, 0.05) is 49.6 Å². The molecule has 3 N–H and O–H groups in total. The van der Waals surface area contributed by atoms with Gasteiger partial charge in [0.25, 0.3) is 0 Å². The summed E-state index contributed by atoms with van der Waals surface area (Å²) in [6.07, 6.45) is 5.77. The quantitative estimate of drug-likeness (QED) is 0.465. The third kappa shape index (κ3) is 3.21. The van der Waals surface area contributed by atoms with Crippen molar-refractivity contribution >= 4 is 11.5 Å². The molecule has 0 radical (unpaired) electrons. The molecule has 3 heterocycles. The second-order valence-electron chi connectivity index (χ2n) is 9.20. The number of aromatic nitrogens is 4. The first-order chi connectivity index (χ1) is 16.0. The van der Waals surface area contributed by atoms with Crippen molar-refractivity contribution in [3.05, 3.63) is 47.4 Å². The summed E-state index contributed by atoms with van der Waals surface area (Å²) in [5.74, 6) is 2.31. The van der Waals surface area contributed by atoms with Crippen molar-refractivity contribution in [2.24, 2.45) is 17.1 Å². The Labute approximate surface area is 191 Å². The van der Waals surface area contributed by atoms with E-state index in [1.807, 2.05) is 6.92 Å². The number of nitrogens with one attached hydrogen (secondary N) is 1. The van der Waals surface area contributed by atoms with Crippen LogP contribution in [-0.2, 0) is 12.8 Å². The number of benzene rings is 1. The molecule has 0 amide bonds. The van der Waals surface area contributed by atoms with Crippen molar-refractivity contribution in [3.8, 4) is 22.9 Å². The molecule has 6 rings (SSSR count). The Morgan fingerprint density at radius 2 is 2.09 bits per heavy atom. The van der Waals surface area contributed by atoms with Crippen molar-refractivity contribution in [1.29, 1.82) is 0 Å². The molecule has 0 bridgehead atoms. The maximum absolute atomic E-state index is 14.5. The van der Waals surface area contributed by atoms with Gasteiger partial charge in [0.2, 0.25) is 0 Å². The molecule has 1 aromatic carbocycles. The van der Waals surface area contributed by atoms with E-state index >= 15 is 0 Å². The fourth-order valence-electron chi connectivity index (χ4n) is 5.34. The number of aryl methyl sites for hydroxylation is 1. The summed E-state index contributed by atoms with van der Waals surface area (Å²) in [5.41, 5.74) is 10.6. The Hall–Kier alpha value is -3.33. The Bertz CT molecular complexity index is 1240. The van der Waals surface area contributed by atoms with E-state index in [0.717, 1.165) is 65.6 Å². The Morgan fingerprint density at radius 3 is 2.79 bits per heavy atom. The third-order valence-electron chi connectivity index (χ3n) is 7.26. The Morgan fingerprint density at radius 1 is 1.27 bits per heavy atom. The summed E-state index contributed by atoms with van der Waals surface area (Å²) < 4.78 is 20.5. The van der Waals surface area contributed by atoms with E-state index in [0.29, 0.717) is 24.6 Å². The van der Waals surface area contributed by atoms with Gasteiger partial charge in [-0.2, -0.15) is 9.97 Å². The molecule has 2 unspecified atom stereocenters. The van der Waals surface area contributed by atoms with Crippen LogP contribution in [0, 0.1) is 17.2 Å². The van der Waals surface area contributed by atoms with E-state index in [2.05, 4.69) is 20.2 Å². The van der Waals surface area contributed by atoms with Crippen molar-refractivity contribution < 1.29 is 9.13 Å². The molecule has 1 saturated carbocycles. The molecular formula is C24H26FN7O. The fourth-order valence-corrected chi connectivity index (χ4v) is 5.34. The number of hydrogen-bond donors (Lipinski definition) is 2. The van der Waals surface area contributed by atoms with Gasteiger partial charge in [0.15, 0.2) is 5.75 Å². The second-order valence-corrected chi connectivity index (χ2v) is 9.20. The SMILES string of the molecule is CCc1ncc(Oc2nc3c(c(N4CC5CC5(CN)C4)n2)-c2cc(F)cc(NC)c2C3)cn1. The van der Waals surface area contributed by atoms with E-state index < -0.39 is 0 Å². The number of hydrogen-bond acceptors (Lipinski definition) is 8. The number of fused-ring (bicyclic) bond motifs is 4. The van der Waals surface area contributed by atoms with Crippen LogP contribution in [0.3, 0.4) is 0 Å². The van der Waals surface area contributed by atoms with E-state index in [1.165, 1.54) is 6.07 Å². The third-order valence-corrected chi connectivity index (χ3v) is 7.26. The van der Waals surface area contributed by atoms with Crippen LogP contribution in [0.1, 0.15) is 30.4 Å². The molecule has 1 aliphatic heterocycles. The minimum atomic E-state index is -0.284. The van der Waals surface area contributed by atoms with Crippen LogP contribution in [0.5, 0.6) is 11.8 Å². The largest absolute Gasteiger partial charge is 0.421 e. The molecule has 33 heavy (non-hydrogen) atoms. The van der Waals surface area contributed by atoms with Crippen LogP contribution < -0.4 is 20.7 Å². The van der Waals surface area contributed by atoms with Crippen LogP contribution >= 0.6 is 0 Å². The molecular weight excluding hydrogens is 421 g/mol. The summed E-state index contributed by atoms with van der Waals surface area (Å²) in [6, 6.07) is 3.36. The molecule has 2 aromatic heterocycles. The summed E-state index contributed by atoms with van der Waals surface area (Å²) in [7, 11) is 1.80. The van der Waals surface area contributed by atoms with Crippen LogP contribution in [0.15, 0.2) is 24.5 Å². The van der Waals surface area contributed by atoms with Gasteiger partial charge >= 0.3 is 6.01 Å². The Kier molecular flexibility index (Phi) is 4.52. The zero-order chi connectivity index (χ0) is 22.7. The molecule has 0 spiro atoms. The zero-order valence-electron chi connectivity index (χ0n) is 18.7. The number of anilines is 2. The van der Waals surface area contributed by atoms with Crippen molar-refractivity contribution in [1.82, 2.24) is 19.9 Å². The first-order valence-corrected chi connectivity index (χ1v) is 11.4. The summed E-state index contributed by atoms with van der Waals surface area (Å²) >= 11 is 0. The molecule has 2 fully saturated rings. The molecule has 3 aromatic rings. The monoisotopic (exact) mass is 447 g/mol. The van der Waals surface area contributed by atoms with E-state index in [1.54, 1.807) is 25.5 Å². The summed E-state index contributed by atoms with van der Waals surface area (Å²) in [5, 5.41) is 3.12. The molecule has 9 heteroatoms. The average Bonchev–Trinajstić information content (AvgIpc) is 3.19. The van der Waals surface area contributed by atoms with E-state index in [4.69, 9.17) is 20.4 Å². The van der Waals surface area contributed by atoms with Crippen LogP contribution in [-0.4, -0.2) is 46.6 Å². The first kappa shape index (κ1) is 20.3. The number of piperidine rings is 1. The van der Waals surface area contributed by atoms with Gasteiger partial charge < -0.3 is 20.7 Å². The van der Waals surface area contributed by atoms with E-state index in [-0.39, 0.29) is 17.2 Å². The predicted octanol–water partition coefficient (Wildman–Crippen LogP) is 3.16. The van der Waals surface area contributed by atoms with Gasteiger partial charge in [-0.1, -0.05) is 6.92 Å². The normalized spacial score (nSPS) is 22.1. The van der Waals surface area contributed by atoms with Crippen LogP contribution in [0.4, 0.5) is 15.9 Å². The number of rotatable bonds is 6. The van der Waals surface area contributed by atoms with Gasteiger partial charge in [-0.15, -0.1) is 0 Å². The highest BCUT2D eigenvalue weighted by molar-refractivity contribution is 5.88. The number of halogens is 1. The van der Waals surface area contributed by atoms with Gasteiger partial charge in [-0.25, -0.2) is 14.4 Å². The van der Waals surface area contributed by atoms with Crippen molar-refractivity contribution in [2.45, 2.75) is 26.2 Å². The van der Waals surface area contributed by atoms with Crippen molar-refractivity contribution in [3.63, 3.8) is 0 Å². The molecule has 2 atom stereocenters. The summed E-state index contributed by atoms with van der Waals surface area (Å²) in [4.78, 5) is 20.4. The summed E-state index contributed by atoms with van der Waals surface area (Å²) in [6.45, 7) is 4.40. The van der Waals surface area contributed by atoms with Crippen LogP contribution in [0.2, 0.25) is 0 Å². The van der Waals surface area contributed by atoms with Gasteiger partial charge in [0.1, 0.15) is 17.5 Å². The maximum atomic E-state index is 14.5. The number of nitrogens with zero attached hydrogens (tertiary/aromatic N) is 5. The lowest BCUT2D eigenvalue weighted by Gasteiger charge is -2.24.